The SMILES string of the molecule is Cc1c(C(=O)N2CCC(C(O)CO)CC2)cnn1-c1ccccn1. The van der Waals surface area contributed by atoms with Gasteiger partial charge in [-0.05, 0) is 37.8 Å². The van der Waals surface area contributed by atoms with Crippen molar-refractivity contribution < 1.29 is 15.0 Å². The number of aliphatic hydroxyl groups excluding tert-OH is 2. The molecule has 1 fully saturated rings. The van der Waals surface area contributed by atoms with E-state index in [0.29, 0.717) is 37.3 Å². The van der Waals surface area contributed by atoms with Crippen LogP contribution < -0.4 is 0 Å². The number of aromatic nitrogens is 3. The molecule has 0 bridgehead atoms. The summed E-state index contributed by atoms with van der Waals surface area (Å²) in [5, 5.41) is 23.1. The molecule has 1 atom stereocenters. The molecule has 0 aliphatic carbocycles. The largest absolute Gasteiger partial charge is 0.394 e. The molecule has 0 radical (unpaired) electrons. The number of amides is 1. The highest BCUT2D eigenvalue weighted by atomic mass is 16.3. The average molecular weight is 330 g/mol. The van der Waals surface area contributed by atoms with Crippen LogP contribution in [0.15, 0.2) is 30.6 Å². The zero-order valence-electron chi connectivity index (χ0n) is 13.7. The molecule has 0 saturated carbocycles. The monoisotopic (exact) mass is 330 g/mol. The number of carbonyl (C=O) groups is 1. The highest BCUT2D eigenvalue weighted by Crippen LogP contribution is 2.23. The van der Waals surface area contributed by atoms with Crippen LogP contribution in [0.1, 0.15) is 28.9 Å². The standard InChI is InChI=1S/C17H22N4O3/c1-12-14(10-19-21(12)16-4-2-3-7-18-16)17(24)20-8-5-13(6-9-20)15(23)11-22/h2-4,7,10,13,15,22-23H,5-6,8-9,11H2,1H3. The van der Waals surface area contributed by atoms with Crippen LogP contribution >= 0.6 is 0 Å². The number of hydrogen-bond donors (Lipinski definition) is 2. The fraction of sp³-hybridized carbons (Fsp3) is 0.471. The molecular weight excluding hydrogens is 308 g/mol. The molecule has 0 spiro atoms. The Balaban J connectivity index is 1.72. The van der Waals surface area contributed by atoms with Gasteiger partial charge >= 0.3 is 0 Å². The van der Waals surface area contributed by atoms with E-state index in [4.69, 9.17) is 5.11 Å². The normalized spacial score (nSPS) is 17.0. The molecule has 1 aliphatic rings. The highest BCUT2D eigenvalue weighted by Gasteiger charge is 2.29. The van der Waals surface area contributed by atoms with E-state index in [2.05, 4.69) is 10.1 Å². The molecule has 2 N–H and O–H groups in total. The van der Waals surface area contributed by atoms with Gasteiger partial charge in [0, 0.05) is 19.3 Å². The Hall–Kier alpha value is -2.25. The topological polar surface area (TPSA) is 91.5 Å². The lowest BCUT2D eigenvalue weighted by atomic mass is 9.91. The predicted molar refractivity (Wildman–Crippen MR) is 87.8 cm³/mol. The van der Waals surface area contributed by atoms with Crippen LogP contribution in [-0.2, 0) is 0 Å². The molecule has 24 heavy (non-hydrogen) atoms. The summed E-state index contributed by atoms with van der Waals surface area (Å²) in [6.45, 7) is 2.79. The van der Waals surface area contributed by atoms with E-state index in [9.17, 15) is 9.90 Å². The lowest BCUT2D eigenvalue weighted by molar-refractivity contribution is 0.0179. The van der Waals surface area contributed by atoms with E-state index in [1.165, 1.54) is 0 Å². The van der Waals surface area contributed by atoms with Crippen LogP contribution in [0.2, 0.25) is 0 Å². The van der Waals surface area contributed by atoms with Crippen LogP contribution in [0, 0.1) is 12.8 Å². The maximum absolute atomic E-state index is 12.8. The van der Waals surface area contributed by atoms with Gasteiger partial charge in [0.15, 0.2) is 5.82 Å². The third kappa shape index (κ3) is 3.18. The molecule has 1 aliphatic heterocycles. The summed E-state index contributed by atoms with van der Waals surface area (Å²) in [6, 6.07) is 5.55. The van der Waals surface area contributed by atoms with E-state index < -0.39 is 6.10 Å². The molecule has 2 aromatic rings. The second-order valence-corrected chi connectivity index (χ2v) is 6.12. The van der Waals surface area contributed by atoms with Crippen molar-refractivity contribution in [3.05, 3.63) is 41.9 Å². The van der Waals surface area contributed by atoms with Crippen LogP contribution in [-0.4, -0.2) is 61.6 Å². The zero-order valence-corrected chi connectivity index (χ0v) is 13.7. The van der Waals surface area contributed by atoms with E-state index >= 15 is 0 Å². The molecule has 128 valence electrons. The van der Waals surface area contributed by atoms with Crippen molar-refractivity contribution in [3.8, 4) is 5.82 Å². The summed E-state index contributed by atoms with van der Waals surface area (Å²) < 4.78 is 1.66. The van der Waals surface area contributed by atoms with Crippen molar-refractivity contribution in [2.45, 2.75) is 25.9 Å². The minimum absolute atomic E-state index is 0.0494. The highest BCUT2D eigenvalue weighted by molar-refractivity contribution is 5.95. The summed E-state index contributed by atoms with van der Waals surface area (Å²) in [7, 11) is 0. The number of hydrogen-bond acceptors (Lipinski definition) is 5. The maximum Gasteiger partial charge on any atom is 0.257 e. The first-order valence-electron chi connectivity index (χ1n) is 8.16. The number of carbonyl (C=O) groups excluding carboxylic acids is 1. The summed E-state index contributed by atoms with van der Waals surface area (Å²) in [5.74, 6) is 0.682. The van der Waals surface area contributed by atoms with Gasteiger partial charge in [-0.2, -0.15) is 5.10 Å². The molecule has 1 saturated heterocycles. The molecular formula is C17H22N4O3. The van der Waals surface area contributed by atoms with Crippen LogP contribution in [0.25, 0.3) is 5.82 Å². The zero-order chi connectivity index (χ0) is 17.1. The molecule has 1 amide bonds. The Morgan fingerprint density at radius 1 is 1.38 bits per heavy atom. The van der Waals surface area contributed by atoms with Crippen LogP contribution in [0.4, 0.5) is 0 Å². The Labute approximate surface area is 140 Å². The first-order valence-corrected chi connectivity index (χ1v) is 8.16. The summed E-state index contributed by atoms with van der Waals surface area (Å²) >= 11 is 0. The molecule has 7 heteroatoms. The van der Waals surface area contributed by atoms with Gasteiger partial charge in [-0.25, -0.2) is 9.67 Å². The van der Waals surface area contributed by atoms with Gasteiger partial charge in [-0.1, -0.05) is 6.07 Å². The first kappa shape index (κ1) is 16.6. The molecule has 7 nitrogen and oxygen atoms in total. The van der Waals surface area contributed by atoms with Gasteiger partial charge in [0.1, 0.15) is 0 Å². The second-order valence-electron chi connectivity index (χ2n) is 6.12. The first-order chi connectivity index (χ1) is 11.6. The quantitative estimate of drug-likeness (QED) is 0.864. The minimum Gasteiger partial charge on any atom is -0.394 e. The van der Waals surface area contributed by atoms with Crippen molar-refractivity contribution >= 4 is 5.91 Å². The third-order valence-electron chi connectivity index (χ3n) is 4.66. The molecule has 1 unspecified atom stereocenters. The molecule has 3 rings (SSSR count). The van der Waals surface area contributed by atoms with Crippen molar-refractivity contribution in [2.75, 3.05) is 19.7 Å². The summed E-state index contributed by atoms with van der Waals surface area (Å²) in [4.78, 5) is 18.8. The predicted octanol–water partition coefficient (Wildman–Crippen LogP) is 0.781. The molecule has 3 heterocycles. The smallest absolute Gasteiger partial charge is 0.257 e. The van der Waals surface area contributed by atoms with Gasteiger partial charge < -0.3 is 15.1 Å². The fourth-order valence-corrected chi connectivity index (χ4v) is 3.14. The number of rotatable bonds is 4. The van der Waals surface area contributed by atoms with Gasteiger partial charge in [-0.15, -0.1) is 0 Å². The van der Waals surface area contributed by atoms with E-state index in [-0.39, 0.29) is 18.4 Å². The minimum atomic E-state index is -0.698. The number of piperidine rings is 1. The van der Waals surface area contributed by atoms with Gasteiger partial charge in [-0.3, -0.25) is 4.79 Å². The maximum atomic E-state index is 12.8. The lowest BCUT2D eigenvalue weighted by Gasteiger charge is -2.33. The number of pyridine rings is 1. The summed E-state index contributed by atoms with van der Waals surface area (Å²) in [5.41, 5.74) is 1.33. The molecule has 0 aromatic carbocycles. The lowest BCUT2D eigenvalue weighted by Crippen LogP contribution is -2.42. The van der Waals surface area contributed by atoms with Gasteiger partial charge in [0.05, 0.1) is 30.2 Å². The van der Waals surface area contributed by atoms with E-state index in [1.54, 1.807) is 22.0 Å². The summed E-state index contributed by atoms with van der Waals surface area (Å²) in [6.07, 6.45) is 3.97. The Morgan fingerprint density at radius 2 is 2.12 bits per heavy atom. The van der Waals surface area contributed by atoms with Crippen molar-refractivity contribution in [2.24, 2.45) is 5.92 Å². The van der Waals surface area contributed by atoms with E-state index in [0.717, 1.165) is 5.69 Å². The van der Waals surface area contributed by atoms with Gasteiger partial charge in [0.25, 0.3) is 5.91 Å². The fourth-order valence-electron chi connectivity index (χ4n) is 3.14. The van der Waals surface area contributed by atoms with Crippen LogP contribution in [0.5, 0.6) is 0 Å². The van der Waals surface area contributed by atoms with Crippen LogP contribution in [0.3, 0.4) is 0 Å². The van der Waals surface area contributed by atoms with Gasteiger partial charge in [0.2, 0.25) is 0 Å². The average Bonchev–Trinajstić information content (AvgIpc) is 3.02. The van der Waals surface area contributed by atoms with Crippen molar-refractivity contribution in [1.29, 1.82) is 0 Å². The molecule has 2 aromatic heterocycles. The third-order valence-corrected chi connectivity index (χ3v) is 4.66. The Kier molecular flexibility index (Phi) is 4.92. The number of aliphatic hydroxyl groups is 2. The second kappa shape index (κ2) is 7.11. The van der Waals surface area contributed by atoms with Crippen molar-refractivity contribution in [1.82, 2.24) is 19.7 Å². The number of likely N-dealkylation sites (tertiary alicyclic amines) is 1. The Bertz CT molecular complexity index is 693. The van der Waals surface area contributed by atoms with E-state index in [1.807, 2.05) is 25.1 Å². The Morgan fingerprint density at radius 3 is 2.75 bits per heavy atom. The van der Waals surface area contributed by atoms with Crippen molar-refractivity contribution in [3.63, 3.8) is 0 Å². The number of nitrogens with zero attached hydrogens (tertiary/aromatic N) is 4.